The minimum atomic E-state index is -0.722. The summed E-state index contributed by atoms with van der Waals surface area (Å²) < 4.78 is 18.7. The number of pyridine rings is 1. The van der Waals surface area contributed by atoms with E-state index >= 15 is 0 Å². The molecule has 0 spiro atoms. The van der Waals surface area contributed by atoms with E-state index in [9.17, 15) is 9.18 Å². The van der Waals surface area contributed by atoms with Gasteiger partial charge in [-0.2, -0.15) is 5.26 Å². The topological polar surface area (TPSA) is 101 Å². The van der Waals surface area contributed by atoms with Crippen LogP contribution in [0.1, 0.15) is 5.56 Å². The number of benzene rings is 1. The highest BCUT2D eigenvalue weighted by atomic mass is 19.1. The fraction of sp³-hybridized carbons (Fsp3) is 0. The van der Waals surface area contributed by atoms with Gasteiger partial charge in [-0.1, -0.05) is 0 Å². The van der Waals surface area contributed by atoms with Crippen LogP contribution in [0.4, 0.5) is 15.0 Å². The molecule has 7 heteroatoms. The molecule has 0 fully saturated rings. The van der Waals surface area contributed by atoms with E-state index in [1.165, 1.54) is 30.5 Å². The number of nitrogens with two attached hydrogens (primary N) is 1. The highest BCUT2D eigenvalue weighted by Gasteiger charge is 2.05. The van der Waals surface area contributed by atoms with Crippen molar-refractivity contribution < 1.29 is 13.9 Å². The Morgan fingerprint density at radius 3 is 2.65 bits per heavy atom. The molecule has 20 heavy (non-hydrogen) atoms. The molecule has 1 heterocycles. The lowest BCUT2D eigenvalue weighted by Gasteiger charge is -2.06. The predicted molar refractivity (Wildman–Crippen MR) is 68.6 cm³/mol. The van der Waals surface area contributed by atoms with Crippen LogP contribution in [-0.4, -0.2) is 11.0 Å². The van der Waals surface area contributed by atoms with E-state index in [1.54, 1.807) is 6.07 Å². The van der Waals surface area contributed by atoms with Gasteiger partial charge in [0.05, 0.1) is 11.8 Å². The predicted octanol–water partition coefficient (Wildman–Crippen LogP) is 2.38. The number of nitrogens with one attached hydrogen (secondary N) is 1. The van der Waals surface area contributed by atoms with Gasteiger partial charge in [0, 0.05) is 6.07 Å². The molecule has 100 valence electrons. The number of carbonyl (C=O) groups is 1. The second-order valence-electron chi connectivity index (χ2n) is 3.72. The summed E-state index contributed by atoms with van der Waals surface area (Å²) in [5.41, 5.74) is 4.88. The first-order valence-electron chi connectivity index (χ1n) is 5.48. The number of nitriles is 1. The Morgan fingerprint density at radius 1 is 1.35 bits per heavy atom. The maximum atomic E-state index is 13.4. The van der Waals surface area contributed by atoms with Crippen molar-refractivity contribution in [3.8, 4) is 17.6 Å². The number of amides is 2. The quantitative estimate of drug-likeness (QED) is 0.895. The van der Waals surface area contributed by atoms with E-state index in [2.05, 4.69) is 10.3 Å². The van der Waals surface area contributed by atoms with Crippen molar-refractivity contribution in [2.45, 2.75) is 0 Å². The van der Waals surface area contributed by atoms with Crippen LogP contribution in [0.25, 0.3) is 0 Å². The molecule has 0 radical (unpaired) electrons. The average Bonchev–Trinajstić information content (AvgIpc) is 2.41. The maximum Gasteiger partial charge on any atom is 0.317 e. The van der Waals surface area contributed by atoms with Crippen LogP contribution in [0.15, 0.2) is 36.5 Å². The molecular formula is C13H9FN4O2. The van der Waals surface area contributed by atoms with Gasteiger partial charge in [-0.15, -0.1) is 0 Å². The van der Waals surface area contributed by atoms with Gasteiger partial charge >= 0.3 is 6.03 Å². The Morgan fingerprint density at radius 2 is 2.10 bits per heavy atom. The number of hydrogen-bond donors (Lipinski definition) is 2. The first-order chi connectivity index (χ1) is 9.58. The first kappa shape index (κ1) is 13.3. The Labute approximate surface area is 113 Å². The van der Waals surface area contributed by atoms with Gasteiger partial charge in [0.15, 0.2) is 0 Å². The van der Waals surface area contributed by atoms with E-state index in [-0.39, 0.29) is 17.1 Å². The van der Waals surface area contributed by atoms with Crippen molar-refractivity contribution in [1.29, 1.82) is 5.26 Å². The zero-order valence-electron chi connectivity index (χ0n) is 10.1. The molecule has 3 N–H and O–H groups in total. The second kappa shape index (κ2) is 5.67. The first-order valence-corrected chi connectivity index (χ1v) is 5.48. The van der Waals surface area contributed by atoms with Crippen LogP contribution >= 0.6 is 0 Å². The zero-order valence-corrected chi connectivity index (χ0v) is 10.1. The molecule has 0 aliphatic carbocycles. The maximum absolute atomic E-state index is 13.4. The number of aromatic nitrogens is 1. The van der Waals surface area contributed by atoms with Gasteiger partial charge in [-0.25, -0.2) is 14.2 Å². The van der Waals surface area contributed by atoms with Crippen LogP contribution in [0.5, 0.6) is 11.5 Å². The number of halogens is 1. The normalized spacial score (nSPS) is 9.60. The highest BCUT2D eigenvalue weighted by Crippen LogP contribution is 2.23. The third kappa shape index (κ3) is 3.20. The van der Waals surface area contributed by atoms with Crippen LogP contribution in [-0.2, 0) is 0 Å². The third-order valence-corrected chi connectivity index (χ3v) is 2.28. The molecule has 0 bridgehead atoms. The van der Waals surface area contributed by atoms with Gasteiger partial charge in [-0.05, 0) is 24.3 Å². The summed E-state index contributed by atoms with van der Waals surface area (Å²) >= 11 is 0. The van der Waals surface area contributed by atoms with Gasteiger partial charge in [0.25, 0.3) is 0 Å². The SMILES string of the molecule is N#Cc1ccc(Oc2ccc(NC(N)=O)nc2)cc1F. The van der Waals surface area contributed by atoms with Crippen LogP contribution in [0.2, 0.25) is 0 Å². The van der Waals surface area contributed by atoms with E-state index in [4.69, 9.17) is 15.7 Å². The Hall–Kier alpha value is -3.14. The number of carbonyl (C=O) groups excluding carboxylic acids is 1. The molecule has 2 aromatic rings. The molecule has 1 aromatic heterocycles. The van der Waals surface area contributed by atoms with Crippen molar-refractivity contribution in [2.75, 3.05) is 5.32 Å². The third-order valence-electron chi connectivity index (χ3n) is 2.28. The van der Waals surface area contributed by atoms with Gasteiger partial charge < -0.3 is 10.5 Å². The summed E-state index contributed by atoms with van der Waals surface area (Å²) in [6.07, 6.45) is 1.35. The lowest BCUT2D eigenvalue weighted by molar-refractivity contribution is 0.259. The van der Waals surface area contributed by atoms with Crippen molar-refractivity contribution in [2.24, 2.45) is 5.73 Å². The molecule has 0 aliphatic heterocycles. The minimum Gasteiger partial charge on any atom is -0.456 e. The lowest BCUT2D eigenvalue weighted by atomic mass is 10.2. The summed E-state index contributed by atoms with van der Waals surface area (Å²) in [4.78, 5) is 14.5. The van der Waals surface area contributed by atoms with Gasteiger partial charge in [0.1, 0.15) is 29.2 Å². The molecule has 2 amide bonds. The molecule has 0 aliphatic rings. The number of hydrogen-bond acceptors (Lipinski definition) is 4. The fourth-order valence-electron chi connectivity index (χ4n) is 1.43. The monoisotopic (exact) mass is 272 g/mol. The number of anilines is 1. The fourth-order valence-corrected chi connectivity index (χ4v) is 1.43. The zero-order chi connectivity index (χ0) is 14.5. The standard InChI is InChI=1S/C13H9FN4O2/c14-11-5-9(2-1-8(11)6-15)20-10-3-4-12(17-7-10)18-13(16)19/h1-5,7H,(H3,16,17,18,19). The van der Waals surface area contributed by atoms with Crippen LogP contribution < -0.4 is 15.8 Å². The van der Waals surface area contributed by atoms with E-state index in [1.807, 2.05) is 0 Å². The highest BCUT2D eigenvalue weighted by molar-refractivity contribution is 5.86. The Balaban J connectivity index is 2.12. The molecule has 6 nitrogen and oxygen atoms in total. The molecule has 0 unspecified atom stereocenters. The summed E-state index contributed by atoms with van der Waals surface area (Å²) in [6, 6.07) is 7.91. The summed E-state index contributed by atoms with van der Waals surface area (Å²) in [6.45, 7) is 0. The number of ether oxygens (including phenoxy) is 1. The Bertz CT molecular complexity index is 680. The second-order valence-corrected chi connectivity index (χ2v) is 3.72. The largest absolute Gasteiger partial charge is 0.456 e. The Kier molecular flexibility index (Phi) is 3.77. The summed E-state index contributed by atoms with van der Waals surface area (Å²) in [5, 5.41) is 10.9. The van der Waals surface area contributed by atoms with E-state index < -0.39 is 11.8 Å². The molecule has 0 atom stereocenters. The molecule has 0 saturated heterocycles. The van der Waals surface area contributed by atoms with E-state index in [0.717, 1.165) is 6.07 Å². The number of urea groups is 1. The summed E-state index contributed by atoms with van der Waals surface area (Å²) in [7, 11) is 0. The number of primary amides is 1. The molecule has 1 aromatic carbocycles. The van der Waals surface area contributed by atoms with Gasteiger partial charge in [0.2, 0.25) is 0 Å². The number of nitrogens with zero attached hydrogens (tertiary/aromatic N) is 2. The van der Waals surface area contributed by atoms with E-state index in [0.29, 0.717) is 5.75 Å². The lowest BCUT2D eigenvalue weighted by Crippen LogP contribution is -2.19. The molecule has 2 rings (SSSR count). The van der Waals surface area contributed by atoms with Crippen LogP contribution in [0, 0.1) is 17.1 Å². The van der Waals surface area contributed by atoms with Crippen LogP contribution in [0.3, 0.4) is 0 Å². The van der Waals surface area contributed by atoms with Gasteiger partial charge in [-0.3, -0.25) is 5.32 Å². The molecule has 0 saturated carbocycles. The molecular weight excluding hydrogens is 263 g/mol. The average molecular weight is 272 g/mol. The summed E-state index contributed by atoms with van der Waals surface area (Å²) in [5.74, 6) is 0.198. The number of rotatable bonds is 3. The van der Waals surface area contributed by atoms with Crippen molar-refractivity contribution in [1.82, 2.24) is 4.98 Å². The smallest absolute Gasteiger partial charge is 0.317 e. The van der Waals surface area contributed by atoms with Crippen molar-refractivity contribution >= 4 is 11.8 Å². The minimum absolute atomic E-state index is 0.0588. The van der Waals surface area contributed by atoms with Crippen molar-refractivity contribution in [3.05, 3.63) is 47.9 Å². The van der Waals surface area contributed by atoms with Crippen molar-refractivity contribution in [3.63, 3.8) is 0 Å².